The van der Waals surface area contributed by atoms with E-state index < -0.39 is 0 Å². The molecule has 0 aliphatic carbocycles. The number of para-hydroxylation sites is 2. The lowest BCUT2D eigenvalue weighted by atomic mass is 10.0. The lowest BCUT2D eigenvalue weighted by Gasteiger charge is -2.03. The third kappa shape index (κ3) is 2.28. The maximum absolute atomic E-state index is 6.33. The van der Waals surface area contributed by atoms with E-state index in [2.05, 4.69) is 77.8 Å². The number of hydrogen-bond acceptors (Lipinski definition) is 2. The van der Waals surface area contributed by atoms with Gasteiger partial charge >= 0.3 is 0 Å². The average Bonchev–Trinajstić information content (AvgIpc) is 3.53. The Labute approximate surface area is 187 Å². The number of rotatable bonds is 1. The first kappa shape index (κ1) is 17.1. The molecule has 0 bridgehead atoms. The molecule has 1 N–H and O–H groups in total. The number of furan rings is 2. The van der Waals surface area contributed by atoms with Gasteiger partial charge in [0.25, 0.3) is 0 Å². The molecule has 0 saturated carbocycles. The third-order valence-electron chi connectivity index (χ3n) is 6.82. The van der Waals surface area contributed by atoms with Gasteiger partial charge < -0.3 is 13.8 Å². The van der Waals surface area contributed by atoms with Crippen LogP contribution in [0.1, 0.15) is 0 Å². The van der Waals surface area contributed by atoms with Gasteiger partial charge in [-0.2, -0.15) is 0 Å². The maximum atomic E-state index is 6.33. The Morgan fingerprint density at radius 1 is 0.455 bits per heavy atom. The Balaban J connectivity index is 1.40. The van der Waals surface area contributed by atoms with E-state index in [4.69, 9.17) is 8.83 Å². The third-order valence-corrected chi connectivity index (χ3v) is 6.82. The SMILES string of the molecule is c1ccc2c(c1)oc1cc(-c3ccc4[nH]c5ccc6c7ccccc7oc6c5c4c3)ccc12. The Morgan fingerprint density at radius 2 is 1.09 bits per heavy atom. The molecule has 0 spiro atoms. The molecular formula is C30H17NO2. The van der Waals surface area contributed by atoms with E-state index in [1.54, 1.807) is 0 Å². The van der Waals surface area contributed by atoms with Gasteiger partial charge in [-0.1, -0.05) is 48.5 Å². The van der Waals surface area contributed by atoms with Gasteiger partial charge in [-0.25, -0.2) is 0 Å². The first-order valence-corrected chi connectivity index (χ1v) is 11.1. The highest BCUT2D eigenvalue weighted by molar-refractivity contribution is 6.23. The second kappa shape index (κ2) is 6.05. The summed E-state index contributed by atoms with van der Waals surface area (Å²) in [7, 11) is 0. The number of hydrogen-bond donors (Lipinski definition) is 1. The molecule has 0 aliphatic rings. The molecule has 8 rings (SSSR count). The van der Waals surface area contributed by atoms with Crippen molar-refractivity contribution >= 4 is 65.7 Å². The molecule has 0 atom stereocenters. The molecule has 0 aliphatic heterocycles. The van der Waals surface area contributed by atoms with Crippen LogP contribution in [-0.2, 0) is 0 Å². The first-order valence-electron chi connectivity index (χ1n) is 11.1. The second-order valence-electron chi connectivity index (χ2n) is 8.66. The van der Waals surface area contributed by atoms with Gasteiger partial charge in [-0.05, 0) is 59.7 Å². The fraction of sp³-hybridized carbons (Fsp3) is 0. The van der Waals surface area contributed by atoms with Crippen molar-refractivity contribution in [3.63, 3.8) is 0 Å². The lowest BCUT2D eigenvalue weighted by molar-refractivity contribution is 0.669. The molecule has 154 valence electrons. The fourth-order valence-electron chi connectivity index (χ4n) is 5.25. The van der Waals surface area contributed by atoms with Gasteiger partial charge in [0, 0.05) is 32.4 Å². The summed E-state index contributed by atoms with van der Waals surface area (Å²) in [4.78, 5) is 3.56. The summed E-state index contributed by atoms with van der Waals surface area (Å²) in [5.74, 6) is 0. The maximum Gasteiger partial charge on any atom is 0.145 e. The van der Waals surface area contributed by atoms with Gasteiger partial charge in [0.2, 0.25) is 0 Å². The standard InChI is InChI=1S/C30H17NO2/c1-3-7-26-19(5-1)21-11-9-18(16-28(21)32-26)17-10-13-24-23(15-17)29-25(31-24)14-12-22-20-6-2-4-8-27(20)33-30(22)29/h1-16,31H. The summed E-state index contributed by atoms with van der Waals surface area (Å²) in [5.41, 5.74) is 8.16. The molecule has 8 aromatic rings. The van der Waals surface area contributed by atoms with Crippen molar-refractivity contribution < 1.29 is 8.83 Å². The minimum atomic E-state index is 0.910. The Hall–Kier alpha value is -4.50. The summed E-state index contributed by atoms with van der Waals surface area (Å²) in [6.07, 6.45) is 0. The van der Waals surface area contributed by atoms with Crippen LogP contribution in [-0.4, -0.2) is 4.98 Å². The van der Waals surface area contributed by atoms with E-state index in [9.17, 15) is 0 Å². The van der Waals surface area contributed by atoms with Crippen molar-refractivity contribution in [3.05, 3.63) is 97.1 Å². The van der Waals surface area contributed by atoms with E-state index in [0.29, 0.717) is 0 Å². The normalized spacial score (nSPS) is 12.2. The van der Waals surface area contributed by atoms with Crippen LogP contribution in [0.15, 0.2) is 106 Å². The highest BCUT2D eigenvalue weighted by Crippen LogP contribution is 2.39. The van der Waals surface area contributed by atoms with Crippen LogP contribution >= 0.6 is 0 Å². The van der Waals surface area contributed by atoms with Crippen molar-refractivity contribution in [3.8, 4) is 11.1 Å². The minimum absolute atomic E-state index is 0.910. The number of fused-ring (bicyclic) bond motifs is 10. The van der Waals surface area contributed by atoms with Crippen molar-refractivity contribution in [2.75, 3.05) is 0 Å². The van der Waals surface area contributed by atoms with Crippen LogP contribution in [0.5, 0.6) is 0 Å². The van der Waals surface area contributed by atoms with Crippen molar-refractivity contribution in [1.82, 2.24) is 4.98 Å². The number of benzene rings is 5. The van der Waals surface area contributed by atoms with Crippen molar-refractivity contribution in [2.24, 2.45) is 0 Å². The van der Waals surface area contributed by atoms with Gasteiger partial charge in [0.15, 0.2) is 0 Å². The first-order chi connectivity index (χ1) is 16.3. The Bertz CT molecular complexity index is 2030. The molecule has 3 nitrogen and oxygen atoms in total. The smallest absolute Gasteiger partial charge is 0.145 e. The summed E-state index contributed by atoms with van der Waals surface area (Å²) >= 11 is 0. The molecule has 0 radical (unpaired) electrons. The summed E-state index contributed by atoms with van der Waals surface area (Å²) in [5, 5.41) is 6.88. The summed E-state index contributed by atoms with van der Waals surface area (Å²) in [6, 6.07) is 33.8. The fourth-order valence-corrected chi connectivity index (χ4v) is 5.25. The number of aromatic amines is 1. The molecule has 0 saturated heterocycles. The zero-order chi connectivity index (χ0) is 21.5. The quantitative estimate of drug-likeness (QED) is 0.287. The van der Waals surface area contributed by atoms with Crippen LogP contribution in [0.3, 0.4) is 0 Å². The van der Waals surface area contributed by atoms with Gasteiger partial charge in [-0.3, -0.25) is 0 Å². The van der Waals surface area contributed by atoms with E-state index in [1.165, 1.54) is 0 Å². The highest BCUT2D eigenvalue weighted by Gasteiger charge is 2.15. The van der Waals surface area contributed by atoms with Crippen LogP contribution in [0.2, 0.25) is 0 Å². The second-order valence-corrected chi connectivity index (χ2v) is 8.66. The zero-order valence-electron chi connectivity index (χ0n) is 17.6. The number of nitrogens with one attached hydrogen (secondary N) is 1. The van der Waals surface area contributed by atoms with E-state index in [0.717, 1.165) is 76.8 Å². The van der Waals surface area contributed by atoms with Crippen molar-refractivity contribution in [1.29, 1.82) is 0 Å². The molecule has 0 amide bonds. The van der Waals surface area contributed by atoms with Crippen LogP contribution in [0.25, 0.3) is 76.8 Å². The molecular weight excluding hydrogens is 406 g/mol. The predicted molar refractivity (Wildman–Crippen MR) is 136 cm³/mol. The van der Waals surface area contributed by atoms with Gasteiger partial charge in [0.05, 0.1) is 10.9 Å². The van der Waals surface area contributed by atoms with E-state index in [1.807, 2.05) is 24.3 Å². The van der Waals surface area contributed by atoms with Gasteiger partial charge in [0.1, 0.15) is 22.3 Å². The summed E-state index contributed by atoms with van der Waals surface area (Å²) in [6.45, 7) is 0. The molecule has 3 heteroatoms. The predicted octanol–water partition coefficient (Wildman–Crippen LogP) is 8.79. The van der Waals surface area contributed by atoms with Crippen molar-refractivity contribution in [2.45, 2.75) is 0 Å². The van der Waals surface area contributed by atoms with Crippen LogP contribution < -0.4 is 0 Å². The van der Waals surface area contributed by atoms with E-state index in [-0.39, 0.29) is 0 Å². The average molecular weight is 423 g/mol. The molecule has 0 unspecified atom stereocenters. The molecule has 33 heavy (non-hydrogen) atoms. The van der Waals surface area contributed by atoms with Crippen LogP contribution in [0, 0.1) is 0 Å². The topological polar surface area (TPSA) is 42.1 Å². The number of aromatic nitrogens is 1. The number of H-pyrrole nitrogens is 1. The molecule has 3 aromatic heterocycles. The van der Waals surface area contributed by atoms with Gasteiger partial charge in [-0.15, -0.1) is 0 Å². The van der Waals surface area contributed by atoms with Crippen LogP contribution in [0.4, 0.5) is 0 Å². The largest absolute Gasteiger partial charge is 0.456 e. The molecule has 5 aromatic carbocycles. The minimum Gasteiger partial charge on any atom is -0.456 e. The Kier molecular flexibility index (Phi) is 3.14. The zero-order valence-corrected chi connectivity index (χ0v) is 17.6. The monoisotopic (exact) mass is 423 g/mol. The Morgan fingerprint density at radius 3 is 1.97 bits per heavy atom. The van der Waals surface area contributed by atoms with E-state index >= 15 is 0 Å². The molecule has 0 fully saturated rings. The summed E-state index contributed by atoms with van der Waals surface area (Å²) < 4.78 is 12.5. The highest BCUT2D eigenvalue weighted by atomic mass is 16.3. The lowest BCUT2D eigenvalue weighted by Crippen LogP contribution is -1.78. The molecule has 3 heterocycles.